The van der Waals surface area contributed by atoms with Crippen LogP contribution in [-0.4, -0.2) is 49.8 Å². The molecule has 19 heavy (non-hydrogen) atoms. The molecule has 2 aliphatic carbocycles. The van der Waals surface area contributed by atoms with Crippen LogP contribution in [0.2, 0.25) is 0 Å². The summed E-state index contributed by atoms with van der Waals surface area (Å²) in [6.07, 6.45) is 9.83. The van der Waals surface area contributed by atoms with Gasteiger partial charge in [0.25, 0.3) is 0 Å². The SMILES string of the molecule is C1COCC(CNC2CC2)(CN2CC3CCC2C3)C1. The van der Waals surface area contributed by atoms with Crippen molar-refractivity contribution in [2.24, 2.45) is 11.3 Å². The van der Waals surface area contributed by atoms with Gasteiger partial charge in [-0.1, -0.05) is 0 Å². The van der Waals surface area contributed by atoms with Gasteiger partial charge in [0.1, 0.15) is 0 Å². The molecule has 0 amide bonds. The van der Waals surface area contributed by atoms with E-state index in [0.717, 1.165) is 31.2 Å². The molecule has 3 nitrogen and oxygen atoms in total. The van der Waals surface area contributed by atoms with Crippen LogP contribution in [-0.2, 0) is 4.74 Å². The van der Waals surface area contributed by atoms with Crippen LogP contribution in [0.5, 0.6) is 0 Å². The topological polar surface area (TPSA) is 24.5 Å². The molecule has 4 fully saturated rings. The van der Waals surface area contributed by atoms with E-state index in [4.69, 9.17) is 4.74 Å². The lowest BCUT2D eigenvalue weighted by Crippen LogP contribution is -2.51. The zero-order valence-electron chi connectivity index (χ0n) is 12.1. The normalized spacial score (nSPS) is 42.9. The zero-order chi connectivity index (χ0) is 12.7. The lowest BCUT2D eigenvalue weighted by Gasteiger charge is -2.42. The summed E-state index contributed by atoms with van der Waals surface area (Å²) < 4.78 is 5.86. The Labute approximate surface area is 117 Å². The summed E-state index contributed by atoms with van der Waals surface area (Å²) in [5.41, 5.74) is 0.408. The van der Waals surface area contributed by atoms with Crippen LogP contribution in [0.4, 0.5) is 0 Å². The summed E-state index contributed by atoms with van der Waals surface area (Å²) in [6, 6.07) is 1.73. The van der Waals surface area contributed by atoms with Crippen molar-refractivity contribution in [1.29, 1.82) is 0 Å². The van der Waals surface area contributed by atoms with Gasteiger partial charge in [0.05, 0.1) is 6.61 Å². The molecule has 2 saturated carbocycles. The van der Waals surface area contributed by atoms with E-state index in [1.165, 1.54) is 64.6 Å². The minimum Gasteiger partial charge on any atom is -0.381 e. The number of rotatable bonds is 5. The Balaban J connectivity index is 1.40. The predicted octanol–water partition coefficient (Wildman–Crippen LogP) is 2.02. The van der Waals surface area contributed by atoms with Crippen LogP contribution in [0.15, 0.2) is 0 Å². The van der Waals surface area contributed by atoms with E-state index in [0.29, 0.717) is 5.41 Å². The first kappa shape index (κ1) is 12.6. The number of likely N-dealkylation sites (tertiary alicyclic amines) is 1. The van der Waals surface area contributed by atoms with Crippen molar-refractivity contribution in [3.63, 3.8) is 0 Å². The summed E-state index contributed by atoms with van der Waals surface area (Å²) in [4.78, 5) is 2.80. The Kier molecular flexibility index (Phi) is 3.33. The van der Waals surface area contributed by atoms with Gasteiger partial charge in [0.2, 0.25) is 0 Å². The zero-order valence-corrected chi connectivity index (χ0v) is 12.1. The average Bonchev–Trinajstić information content (AvgIpc) is 3.05. The molecule has 4 rings (SSSR count). The molecule has 3 heteroatoms. The second kappa shape index (κ2) is 5.01. The fourth-order valence-electron chi connectivity index (χ4n) is 4.53. The van der Waals surface area contributed by atoms with Crippen molar-refractivity contribution < 1.29 is 4.74 Å². The van der Waals surface area contributed by atoms with Gasteiger partial charge < -0.3 is 10.1 Å². The van der Waals surface area contributed by atoms with E-state index in [1.807, 2.05) is 0 Å². The van der Waals surface area contributed by atoms with Crippen LogP contribution in [0.1, 0.15) is 44.9 Å². The van der Waals surface area contributed by atoms with Gasteiger partial charge in [0, 0.05) is 43.7 Å². The molecule has 0 spiro atoms. The molecule has 2 bridgehead atoms. The fourth-order valence-corrected chi connectivity index (χ4v) is 4.53. The molecule has 3 atom stereocenters. The first-order chi connectivity index (χ1) is 9.33. The van der Waals surface area contributed by atoms with Crippen LogP contribution in [0, 0.1) is 11.3 Å². The molecule has 1 N–H and O–H groups in total. The molecule has 2 heterocycles. The lowest BCUT2D eigenvalue weighted by molar-refractivity contribution is -0.0308. The van der Waals surface area contributed by atoms with Crippen LogP contribution >= 0.6 is 0 Å². The molecule has 0 aromatic carbocycles. The number of hydrogen-bond donors (Lipinski definition) is 1. The Bertz CT molecular complexity index is 323. The monoisotopic (exact) mass is 264 g/mol. The number of ether oxygens (including phenoxy) is 1. The summed E-state index contributed by atoms with van der Waals surface area (Å²) in [6.45, 7) is 5.81. The Morgan fingerprint density at radius 1 is 1.21 bits per heavy atom. The first-order valence-corrected chi connectivity index (χ1v) is 8.38. The maximum atomic E-state index is 5.86. The van der Waals surface area contributed by atoms with Gasteiger partial charge in [-0.2, -0.15) is 0 Å². The second-order valence-electron chi connectivity index (χ2n) is 7.57. The summed E-state index contributed by atoms with van der Waals surface area (Å²) in [7, 11) is 0. The smallest absolute Gasteiger partial charge is 0.0546 e. The van der Waals surface area contributed by atoms with Crippen molar-refractivity contribution >= 4 is 0 Å². The molecular weight excluding hydrogens is 236 g/mol. The van der Waals surface area contributed by atoms with Gasteiger partial charge in [-0.05, 0) is 50.9 Å². The lowest BCUT2D eigenvalue weighted by atomic mass is 9.81. The van der Waals surface area contributed by atoms with Gasteiger partial charge in [-0.15, -0.1) is 0 Å². The minimum absolute atomic E-state index is 0.408. The van der Waals surface area contributed by atoms with Crippen molar-refractivity contribution in [3.05, 3.63) is 0 Å². The summed E-state index contributed by atoms with van der Waals surface area (Å²) in [5.74, 6) is 1.02. The third kappa shape index (κ3) is 2.70. The first-order valence-electron chi connectivity index (χ1n) is 8.38. The highest BCUT2D eigenvalue weighted by molar-refractivity contribution is 4.97. The fraction of sp³-hybridized carbons (Fsp3) is 1.00. The van der Waals surface area contributed by atoms with Gasteiger partial charge in [0.15, 0.2) is 0 Å². The van der Waals surface area contributed by atoms with E-state index in [9.17, 15) is 0 Å². The molecule has 0 radical (unpaired) electrons. The molecule has 2 saturated heterocycles. The summed E-state index contributed by atoms with van der Waals surface area (Å²) in [5, 5.41) is 3.78. The van der Waals surface area contributed by atoms with E-state index < -0.39 is 0 Å². The quantitative estimate of drug-likeness (QED) is 0.822. The minimum atomic E-state index is 0.408. The largest absolute Gasteiger partial charge is 0.381 e. The van der Waals surface area contributed by atoms with Gasteiger partial charge >= 0.3 is 0 Å². The molecule has 2 aliphatic heterocycles. The van der Waals surface area contributed by atoms with Crippen molar-refractivity contribution in [3.8, 4) is 0 Å². The van der Waals surface area contributed by atoms with Crippen molar-refractivity contribution in [2.45, 2.75) is 57.0 Å². The average molecular weight is 264 g/mol. The molecule has 108 valence electrons. The van der Waals surface area contributed by atoms with Crippen molar-refractivity contribution in [2.75, 3.05) is 32.8 Å². The molecule has 3 unspecified atom stereocenters. The van der Waals surface area contributed by atoms with Crippen molar-refractivity contribution in [1.82, 2.24) is 10.2 Å². The second-order valence-corrected chi connectivity index (χ2v) is 7.57. The van der Waals surface area contributed by atoms with Gasteiger partial charge in [-0.25, -0.2) is 0 Å². The van der Waals surface area contributed by atoms with E-state index in [2.05, 4.69) is 10.2 Å². The molecule has 4 aliphatic rings. The standard InChI is InChI=1S/C16H28N2O/c1-6-16(12-19-7-1,10-17-14-3-4-14)11-18-9-13-2-5-15(18)8-13/h13-15,17H,1-12H2. The number of hydrogen-bond acceptors (Lipinski definition) is 3. The summed E-state index contributed by atoms with van der Waals surface area (Å²) >= 11 is 0. The number of fused-ring (bicyclic) bond motifs is 2. The third-order valence-corrected chi connectivity index (χ3v) is 5.81. The Morgan fingerprint density at radius 3 is 2.79 bits per heavy atom. The number of nitrogens with zero attached hydrogens (tertiary/aromatic N) is 1. The predicted molar refractivity (Wildman–Crippen MR) is 76.2 cm³/mol. The van der Waals surface area contributed by atoms with E-state index in [-0.39, 0.29) is 0 Å². The van der Waals surface area contributed by atoms with Crippen LogP contribution < -0.4 is 5.32 Å². The molecule has 0 aromatic rings. The Hall–Kier alpha value is -0.120. The number of nitrogens with one attached hydrogen (secondary N) is 1. The number of piperidine rings is 1. The van der Waals surface area contributed by atoms with Gasteiger partial charge in [-0.3, -0.25) is 4.90 Å². The van der Waals surface area contributed by atoms with E-state index >= 15 is 0 Å². The highest BCUT2D eigenvalue weighted by Gasteiger charge is 2.43. The van der Waals surface area contributed by atoms with Crippen LogP contribution in [0.25, 0.3) is 0 Å². The molecular formula is C16H28N2O. The highest BCUT2D eigenvalue weighted by Crippen LogP contribution is 2.40. The third-order valence-electron chi connectivity index (χ3n) is 5.81. The Morgan fingerprint density at radius 2 is 2.16 bits per heavy atom. The molecule has 0 aromatic heterocycles. The van der Waals surface area contributed by atoms with E-state index in [1.54, 1.807) is 0 Å². The van der Waals surface area contributed by atoms with Crippen LogP contribution in [0.3, 0.4) is 0 Å². The highest BCUT2D eigenvalue weighted by atomic mass is 16.5. The maximum absolute atomic E-state index is 5.86. The maximum Gasteiger partial charge on any atom is 0.0546 e.